The number of sulfonamides is 1. The van der Waals surface area contributed by atoms with Gasteiger partial charge in [0, 0.05) is 38.2 Å². The zero-order chi connectivity index (χ0) is 23.0. The van der Waals surface area contributed by atoms with Crippen LogP contribution in [0.3, 0.4) is 0 Å². The van der Waals surface area contributed by atoms with Crippen LogP contribution in [-0.2, 0) is 14.8 Å². The minimum atomic E-state index is -3.51. The maximum Gasteiger partial charge on any atom is 0.286 e. The number of hydrogen-bond donors (Lipinski definition) is 1. The van der Waals surface area contributed by atoms with Gasteiger partial charge in [-0.25, -0.2) is 8.42 Å². The fourth-order valence-corrected chi connectivity index (χ4v) is 4.86. The summed E-state index contributed by atoms with van der Waals surface area (Å²) in [6.45, 7) is 4.40. The fourth-order valence-electron chi connectivity index (χ4n) is 2.65. The molecule has 2 amide bonds. The lowest BCUT2D eigenvalue weighted by Gasteiger charge is -2.18. The Hall–Kier alpha value is -2.62. The van der Waals surface area contributed by atoms with Gasteiger partial charge in [-0.2, -0.15) is 4.31 Å². The van der Waals surface area contributed by atoms with Crippen LogP contribution in [0, 0.1) is 0 Å². The Morgan fingerprint density at radius 2 is 1.61 bits per heavy atom. The summed E-state index contributed by atoms with van der Waals surface area (Å²) in [6.07, 6.45) is 2.97. The van der Waals surface area contributed by atoms with Gasteiger partial charge >= 0.3 is 0 Å². The Kier molecular flexibility index (Phi) is 8.85. The Morgan fingerprint density at radius 1 is 1.00 bits per heavy atom. The molecule has 2 aromatic rings. The number of hydrogen-bond acceptors (Lipinski definition) is 5. The van der Waals surface area contributed by atoms with Crippen LogP contribution in [0.15, 0.2) is 64.4 Å². The lowest BCUT2D eigenvalue weighted by Crippen LogP contribution is -2.30. The largest absolute Gasteiger partial charge is 0.339 e. The molecular formula is C22H27N3O4S2. The summed E-state index contributed by atoms with van der Waals surface area (Å²) >= 11 is 1.03. The minimum absolute atomic E-state index is 0.142. The van der Waals surface area contributed by atoms with E-state index in [-0.39, 0.29) is 16.0 Å². The van der Waals surface area contributed by atoms with Crippen LogP contribution in [0.5, 0.6) is 0 Å². The summed E-state index contributed by atoms with van der Waals surface area (Å²) in [5.41, 5.74) is 1.23. The molecular weight excluding hydrogens is 434 g/mol. The summed E-state index contributed by atoms with van der Waals surface area (Å²) in [5, 5.41) is 2.63. The van der Waals surface area contributed by atoms with Crippen LogP contribution in [-0.4, -0.2) is 56.0 Å². The second-order valence-electron chi connectivity index (χ2n) is 6.74. The predicted molar refractivity (Wildman–Crippen MR) is 126 cm³/mol. The van der Waals surface area contributed by atoms with Gasteiger partial charge in [-0.3, -0.25) is 9.59 Å². The predicted octanol–water partition coefficient (Wildman–Crippen LogP) is 4.14. The van der Waals surface area contributed by atoms with E-state index >= 15 is 0 Å². The summed E-state index contributed by atoms with van der Waals surface area (Å²) in [7, 11) is -0.185. The Balaban J connectivity index is 2.09. The van der Waals surface area contributed by atoms with Crippen molar-refractivity contribution >= 4 is 44.7 Å². The first-order valence-electron chi connectivity index (χ1n) is 9.76. The lowest BCUT2D eigenvalue weighted by atomic mass is 10.2. The number of carbonyl (C=O) groups is 2. The highest BCUT2D eigenvalue weighted by atomic mass is 32.2. The summed E-state index contributed by atoms with van der Waals surface area (Å²) < 4.78 is 26.5. The average molecular weight is 462 g/mol. The maximum atomic E-state index is 12.5. The van der Waals surface area contributed by atoms with E-state index in [4.69, 9.17) is 0 Å². The second kappa shape index (κ2) is 11.1. The molecule has 0 aliphatic heterocycles. The van der Waals surface area contributed by atoms with Crippen molar-refractivity contribution in [3.05, 3.63) is 60.2 Å². The summed E-state index contributed by atoms with van der Waals surface area (Å²) in [4.78, 5) is 26.6. The molecule has 0 aliphatic carbocycles. The van der Waals surface area contributed by atoms with Crippen molar-refractivity contribution in [1.29, 1.82) is 0 Å². The number of para-hydroxylation sites is 1. The molecule has 0 bridgehead atoms. The van der Waals surface area contributed by atoms with Gasteiger partial charge in [0.1, 0.15) is 0 Å². The lowest BCUT2D eigenvalue weighted by molar-refractivity contribution is -0.111. The number of rotatable bonds is 8. The number of anilines is 1. The Morgan fingerprint density at radius 3 is 2.19 bits per heavy atom. The minimum Gasteiger partial charge on any atom is -0.339 e. The Labute approximate surface area is 188 Å². The van der Waals surface area contributed by atoms with Crippen molar-refractivity contribution < 1.29 is 18.0 Å². The molecule has 0 atom stereocenters. The highest BCUT2D eigenvalue weighted by Crippen LogP contribution is 2.28. The molecule has 9 heteroatoms. The molecule has 0 saturated heterocycles. The van der Waals surface area contributed by atoms with E-state index in [1.807, 2.05) is 0 Å². The molecule has 2 aromatic carbocycles. The number of nitrogens with one attached hydrogen (secondary N) is 1. The van der Waals surface area contributed by atoms with Crippen LogP contribution >= 0.6 is 11.8 Å². The third kappa shape index (κ3) is 6.68. The standard InChI is InChI=1S/C22H27N3O4S2/c1-5-25(6-2)31(28,29)18-14-11-17(12-15-18)13-16-21(26)23-19-9-7-8-10-20(19)30-22(27)24(3)4/h7-16H,5-6H2,1-4H3,(H,23,26)/b16-13+. The van der Waals surface area contributed by atoms with Crippen LogP contribution in [0.25, 0.3) is 6.08 Å². The third-order valence-corrected chi connectivity index (χ3v) is 7.54. The van der Waals surface area contributed by atoms with Crippen molar-refractivity contribution in [3.8, 4) is 0 Å². The van der Waals surface area contributed by atoms with Gasteiger partial charge in [0.2, 0.25) is 15.9 Å². The summed E-state index contributed by atoms with van der Waals surface area (Å²) in [5.74, 6) is -0.356. The van der Waals surface area contributed by atoms with Crippen LogP contribution in [0.4, 0.5) is 10.5 Å². The van der Waals surface area contributed by atoms with Gasteiger partial charge in [-0.15, -0.1) is 0 Å². The van der Waals surface area contributed by atoms with Crippen LogP contribution in [0.2, 0.25) is 0 Å². The molecule has 0 unspecified atom stereocenters. The molecule has 0 saturated carbocycles. The molecule has 166 valence electrons. The Bertz CT molecular complexity index is 1040. The topological polar surface area (TPSA) is 86.8 Å². The van der Waals surface area contributed by atoms with Gasteiger partial charge in [0.25, 0.3) is 5.24 Å². The second-order valence-corrected chi connectivity index (χ2v) is 9.67. The van der Waals surface area contributed by atoms with Crippen molar-refractivity contribution in [2.24, 2.45) is 0 Å². The zero-order valence-electron chi connectivity index (χ0n) is 18.0. The number of carbonyl (C=O) groups excluding carboxylic acids is 2. The average Bonchev–Trinajstić information content (AvgIpc) is 2.74. The number of amides is 2. The summed E-state index contributed by atoms with van der Waals surface area (Å²) in [6, 6.07) is 13.4. The van der Waals surface area contributed by atoms with Gasteiger partial charge in [0.05, 0.1) is 10.6 Å². The molecule has 0 heterocycles. The highest BCUT2D eigenvalue weighted by molar-refractivity contribution is 8.13. The molecule has 0 aromatic heterocycles. The number of benzene rings is 2. The number of thioether (sulfide) groups is 1. The van der Waals surface area contributed by atoms with Crippen molar-refractivity contribution in [2.45, 2.75) is 23.6 Å². The monoisotopic (exact) mass is 461 g/mol. The van der Waals surface area contributed by atoms with Gasteiger partial charge in [0.15, 0.2) is 0 Å². The van der Waals surface area contributed by atoms with Gasteiger partial charge in [-0.1, -0.05) is 38.1 Å². The highest BCUT2D eigenvalue weighted by Gasteiger charge is 2.21. The maximum absolute atomic E-state index is 12.5. The molecule has 0 aliphatic rings. The quantitative estimate of drug-likeness (QED) is 0.472. The molecule has 0 spiro atoms. The van der Waals surface area contributed by atoms with Gasteiger partial charge in [-0.05, 0) is 47.7 Å². The first-order chi connectivity index (χ1) is 14.7. The van der Waals surface area contributed by atoms with Crippen LogP contribution in [0.1, 0.15) is 19.4 Å². The van der Waals surface area contributed by atoms with E-state index in [1.165, 1.54) is 27.4 Å². The molecule has 7 nitrogen and oxygen atoms in total. The smallest absolute Gasteiger partial charge is 0.286 e. The molecule has 0 fully saturated rings. The molecule has 0 radical (unpaired) electrons. The zero-order valence-corrected chi connectivity index (χ0v) is 19.7. The first-order valence-corrected chi connectivity index (χ1v) is 12.0. The van der Waals surface area contributed by atoms with Gasteiger partial charge < -0.3 is 10.2 Å². The van der Waals surface area contributed by atoms with Crippen molar-refractivity contribution in [2.75, 3.05) is 32.5 Å². The van der Waals surface area contributed by atoms with E-state index in [9.17, 15) is 18.0 Å². The molecule has 2 rings (SSSR count). The normalized spacial score (nSPS) is 11.6. The van der Waals surface area contributed by atoms with E-state index < -0.39 is 10.0 Å². The first kappa shape index (κ1) is 24.6. The SMILES string of the molecule is CCN(CC)S(=O)(=O)c1ccc(/C=C/C(=O)Nc2ccccc2SC(=O)N(C)C)cc1. The molecule has 1 N–H and O–H groups in total. The molecule has 31 heavy (non-hydrogen) atoms. The number of nitrogens with zero attached hydrogens (tertiary/aromatic N) is 2. The van der Waals surface area contributed by atoms with E-state index in [0.29, 0.717) is 29.2 Å². The van der Waals surface area contributed by atoms with E-state index in [1.54, 1.807) is 70.4 Å². The van der Waals surface area contributed by atoms with E-state index in [0.717, 1.165) is 11.8 Å². The van der Waals surface area contributed by atoms with Crippen LogP contribution < -0.4 is 5.32 Å². The van der Waals surface area contributed by atoms with Crippen molar-refractivity contribution in [3.63, 3.8) is 0 Å². The van der Waals surface area contributed by atoms with E-state index in [2.05, 4.69) is 5.32 Å². The van der Waals surface area contributed by atoms with Crippen molar-refractivity contribution in [1.82, 2.24) is 9.21 Å². The third-order valence-electron chi connectivity index (χ3n) is 4.36. The fraction of sp³-hybridized carbons (Fsp3) is 0.273.